The van der Waals surface area contributed by atoms with E-state index < -0.39 is 0 Å². The third-order valence-corrected chi connectivity index (χ3v) is 1.19. The molecule has 58 valence electrons. The molecule has 1 heterocycles. The van der Waals surface area contributed by atoms with Crippen molar-refractivity contribution in [2.75, 3.05) is 5.88 Å². The Labute approximate surface area is 69.4 Å². The van der Waals surface area contributed by atoms with E-state index in [1.807, 2.05) is 0 Å². The number of hydrogen-bond donors (Lipinski definition) is 1. The second kappa shape index (κ2) is 3.93. The molecule has 0 aliphatic rings. The minimum Gasteiger partial charge on any atom is -0.505 e. The van der Waals surface area contributed by atoms with Crippen LogP contribution < -0.4 is 0 Å². The molecule has 1 rings (SSSR count). The first kappa shape index (κ1) is 8.01. The van der Waals surface area contributed by atoms with Gasteiger partial charge in [-0.2, -0.15) is 0 Å². The fraction of sp³-hybridized carbons (Fsp3) is 0.143. The van der Waals surface area contributed by atoms with E-state index in [0.29, 0.717) is 11.7 Å². The molecule has 0 spiro atoms. The molecule has 0 unspecified atom stereocenters. The van der Waals surface area contributed by atoms with E-state index >= 15 is 0 Å². The lowest BCUT2D eigenvalue weighted by Gasteiger charge is -1.90. The third-order valence-electron chi connectivity index (χ3n) is 1.01. The first-order valence-corrected chi connectivity index (χ1v) is 3.60. The van der Waals surface area contributed by atoms with Gasteiger partial charge in [-0.1, -0.05) is 6.08 Å². The van der Waals surface area contributed by atoms with Gasteiger partial charge in [-0.25, -0.2) is 9.97 Å². The summed E-state index contributed by atoms with van der Waals surface area (Å²) in [5.41, 5.74) is 0. The Morgan fingerprint density at radius 2 is 2.09 bits per heavy atom. The lowest BCUT2D eigenvalue weighted by Crippen LogP contribution is -1.84. The molecule has 0 radical (unpaired) electrons. The monoisotopic (exact) mass is 170 g/mol. The summed E-state index contributed by atoms with van der Waals surface area (Å²) in [5, 5.41) is 8.81. The predicted octanol–water partition coefficient (Wildman–Crippen LogP) is 1.43. The van der Waals surface area contributed by atoms with Crippen LogP contribution in [0.4, 0.5) is 0 Å². The summed E-state index contributed by atoms with van der Waals surface area (Å²) in [4.78, 5) is 7.62. The van der Waals surface area contributed by atoms with Gasteiger partial charge in [0.05, 0.1) is 12.4 Å². The van der Waals surface area contributed by atoms with Gasteiger partial charge in [-0.05, 0) is 6.08 Å². The quantitative estimate of drug-likeness (QED) is 0.684. The van der Waals surface area contributed by atoms with Crippen molar-refractivity contribution in [2.24, 2.45) is 0 Å². The number of aromatic nitrogens is 2. The summed E-state index contributed by atoms with van der Waals surface area (Å²) in [7, 11) is 0. The van der Waals surface area contributed by atoms with Gasteiger partial charge in [0.15, 0.2) is 11.6 Å². The van der Waals surface area contributed by atoms with Crippen molar-refractivity contribution in [3.8, 4) is 5.75 Å². The van der Waals surface area contributed by atoms with Crippen molar-refractivity contribution < 1.29 is 5.11 Å². The van der Waals surface area contributed by atoms with Gasteiger partial charge in [-0.3, -0.25) is 0 Å². The molecule has 0 aromatic carbocycles. The molecule has 3 nitrogen and oxygen atoms in total. The second-order valence-corrected chi connectivity index (χ2v) is 2.16. The van der Waals surface area contributed by atoms with Crippen LogP contribution in [-0.2, 0) is 0 Å². The maximum atomic E-state index is 8.81. The summed E-state index contributed by atoms with van der Waals surface area (Å²) in [5.74, 6) is 1.04. The van der Waals surface area contributed by atoms with E-state index in [0.717, 1.165) is 0 Å². The maximum absolute atomic E-state index is 8.81. The van der Waals surface area contributed by atoms with Crippen molar-refractivity contribution in [3.05, 3.63) is 24.3 Å². The third kappa shape index (κ3) is 2.55. The van der Waals surface area contributed by atoms with Crippen molar-refractivity contribution >= 4 is 17.7 Å². The molecule has 0 saturated carbocycles. The Balaban J connectivity index is 2.73. The number of allylic oxidation sites excluding steroid dienone is 1. The van der Waals surface area contributed by atoms with Gasteiger partial charge < -0.3 is 5.11 Å². The molecule has 4 heteroatoms. The highest BCUT2D eigenvalue weighted by Crippen LogP contribution is 2.02. The van der Waals surface area contributed by atoms with Gasteiger partial charge in [0.1, 0.15) is 0 Å². The lowest BCUT2D eigenvalue weighted by atomic mass is 10.5. The topological polar surface area (TPSA) is 46.0 Å². The van der Waals surface area contributed by atoms with Crippen molar-refractivity contribution in [2.45, 2.75) is 0 Å². The number of halogens is 1. The van der Waals surface area contributed by atoms with E-state index in [-0.39, 0.29) is 5.75 Å². The largest absolute Gasteiger partial charge is 0.505 e. The van der Waals surface area contributed by atoms with E-state index in [9.17, 15) is 0 Å². The van der Waals surface area contributed by atoms with Crippen LogP contribution in [0.25, 0.3) is 6.08 Å². The summed E-state index contributed by atoms with van der Waals surface area (Å²) >= 11 is 5.39. The Hall–Kier alpha value is -1.09. The fourth-order valence-electron chi connectivity index (χ4n) is 0.567. The maximum Gasteiger partial charge on any atom is 0.152 e. The van der Waals surface area contributed by atoms with Crippen LogP contribution in [0.3, 0.4) is 0 Å². The SMILES string of the molecule is Oc1cnc(C=CCCl)nc1. The molecule has 0 aliphatic carbocycles. The number of aromatic hydroxyl groups is 1. The number of nitrogens with zero attached hydrogens (tertiary/aromatic N) is 2. The number of rotatable bonds is 2. The highest BCUT2D eigenvalue weighted by molar-refractivity contribution is 6.19. The Morgan fingerprint density at radius 3 is 2.64 bits per heavy atom. The zero-order valence-corrected chi connectivity index (χ0v) is 6.49. The average Bonchev–Trinajstić information content (AvgIpc) is 2.04. The first-order chi connectivity index (χ1) is 5.33. The lowest BCUT2D eigenvalue weighted by molar-refractivity contribution is 0.469. The smallest absolute Gasteiger partial charge is 0.152 e. The molecule has 11 heavy (non-hydrogen) atoms. The molecule has 0 saturated heterocycles. The van der Waals surface area contributed by atoms with Crippen LogP contribution in [0.2, 0.25) is 0 Å². The fourth-order valence-corrected chi connectivity index (χ4v) is 0.656. The first-order valence-electron chi connectivity index (χ1n) is 3.06. The standard InChI is InChI=1S/C7H7ClN2O/c8-3-1-2-7-9-4-6(11)5-10-7/h1-2,4-5,11H,3H2. The molecule has 0 bridgehead atoms. The summed E-state index contributed by atoms with van der Waals surface area (Å²) in [6.45, 7) is 0. The van der Waals surface area contributed by atoms with Gasteiger partial charge >= 0.3 is 0 Å². The van der Waals surface area contributed by atoms with Gasteiger partial charge in [-0.15, -0.1) is 11.6 Å². The van der Waals surface area contributed by atoms with Crippen molar-refractivity contribution in [1.29, 1.82) is 0 Å². The average molecular weight is 171 g/mol. The predicted molar refractivity (Wildman–Crippen MR) is 43.5 cm³/mol. The highest BCUT2D eigenvalue weighted by Gasteiger charge is 1.89. The molecule has 1 aromatic heterocycles. The summed E-state index contributed by atoms with van der Waals surface area (Å²) in [6, 6.07) is 0. The molecule has 0 atom stereocenters. The minimum absolute atomic E-state index is 0.0630. The van der Waals surface area contributed by atoms with Crippen LogP contribution in [-0.4, -0.2) is 21.0 Å². The molecule has 0 fully saturated rings. The van der Waals surface area contributed by atoms with E-state index in [1.165, 1.54) is 12.4 Å². The Morgan fingerprint density at radius 1 is 1.45 bits per heavy atom. The zero-order valence-electron chi connectivity index (χ0n) is 5.74. The molecule has 0 amide bonds. The van der Waals surface area contributed by atoms with Crippen molar-refractivity contribution in [3.63, 3.8) is 0 Å². The highest BCUT2D eigenvalue weighted by atomic mass is 35.5. The van der Waals surface area contributed by atoms with Gasteiger partial charge in [0, 0.05) is 5.88 Å². The molecular formula is C7H7ClN2O. The second-order valence-electron chi connectivity index (χ2n) is 1.86. The van der Waals surface area contributed by atoms with E-state index in [2.05, 4.69) is 9.97 Å². The Kier molecular flexibility index (Phi) is 2.86. The minimum atomic E-state index is 0.0630. The van der Waals surface area contributed by atoms with E-state index in [1.54, 1.807) is 12.2 Å². The molecule has 1 aromatic rings. The normalized spacial score (nSPS) is 10.6. The number of alkyl halides is 1. The van der Waals surface area contributed by atoms with Crippen molar-refractivity contribution in [1.82, 2.24) is 9.97 Å². The van der Waals surface area contributed by atoms with Gasteiger partial charge in [0.2, 0.25) is 0 Å². The summed E-state index contributed by atoms with van der Waals surface area (Å²) in [6.07, 6.45) is 6.09. The number of hydrogen-bond acceptors (Lipinski definition) is 3. The Bertz CT molecular complexity index is 245. The van der Waals surface area contributed by atoms with E-state index in [4.69, 9.17) is 16.7 Å². The van der Waals surface area contributed by atoms with Gasteiger partial charge in [0.25, 0.3) is 0 Å². The van der Waals surface area contributed by atoms with Crippen LogP contribution in [0.5, 0.6) is 5.75 Å². The zero-order chi connectivity index (χ0) is 8.10. The van der Waals surface area contributed by atoms with Crippen LogP contribution >= 0.6 is 11.6 Å². The summed E-state index contributed by atoms with van der Waals surface area (Å²) < 4.78 is 0. The molecule has 1 N–H and O–H groups in total. The van der Waals surface area contributed by atoms with Crippen LogP contribution in [0, 0.1) is 0 Å². The van der Waals surface area contributed by atoms with Crippen LogP contribution in [0.15, 0.2) is 18.5 Å². The molecule has 0 aliphatic heterocycles. The molecular weight excluding hydrogens is 164 g/mol. The van der Waals surface area contributed by atoms with Crippen LogP contribution in [0.1, 0.15) is 5.82 Å².